The van der Waals surface area contributed by atoms with Crippen LogP contribution in [-0.2, 0) is 4.52 Å². The molecule has 0 radical (unpaired) electrons. The quantitative estimate of drug-likeness (QED) is 0.500. The maximum atomic E-state index is 5.61. The van der Waals surface area contributed by atoms with Crippen molar-refractivity contribution in [3.8, 4) is 0 Å². The van der Waals surface area contributed by atoms with Gasteiger partial charge in [-0.15, -0.1) is 0 Å². The van der Waals surface area contributed by atoms with E-state index in [2.05, 4.69) is 81.6 Å². The molecule has 0 aliphatic rings. The van der Waals surface area contributed by atoms with Crippen molar-refractivity contribution in [2.75, 3.05) is 0 Å². The Kier molecular flexibility index (Phi) is 8.70. The molecule has 0 amide bonds. The van der Waals surface area contributed by atoms with E-state index in [1.807, 2.05) is 0 Å². The second-order valence-corrected chi connectivity index (χ2v) is 6.80. The van der Waals surface area contributed by atoms with Crippen molar-refractivity contribution in [3.05, 3.63) is 0 Å². The van der Waals surface area contributed by atoms with Crippen LogP contribution >= 0.6 is 9.47 Å². The van der Waals surface area contributed by atoms with Crippen molar-refractivity contribution in [3.63, 3.8) is 0 Å². The Bertz CT molecular complexity index is 208. The topological polar surface area (TPSA) is 15.7 Å². The predicted octanol–water partition coefficient (Wildman–Crippen LogP) is 3.75. The van der Waals surface area contributed by atoms with Crippen LogP contribution in [0.3, 0.4) is 0 Å². The van der Waals surface area contributed by atoms with Crippen LogP contribution in [0.5, 0.6) is 0 Å². The van der Waals surface area contributed by atoms with Gasteiger partial charge in [0.15, 0.2) is 0 Å². The Hall–Kier alpha value is 0.310. The Morgan fingerprint density at radius 3 is 1.05 bits per heavy atom. The summed E-state index contributed by atoms with van der Waals surface area (Å²) >= 11 is 0. The summed E-state index contributed by atoms with van der Waals surface area (Å²) in [4.78, 5) is 5.10. The van der Waals surface area contributed by atoms with E-state index in [1.54, 1.807) is 0 Å². The summed E-state index contributed by atoms with van der Waals surface area (Å²) < 4.78 is 5.61. The van der Waals surface area contributed by atoms with Gasteiger partial charge in [-0.3, -0.25) is 9.80 Å². The first-order chi connectivity index (χ1) is 8.64. The fourth-order valence-corrected chi connectivity index (χ4v) is 3.26. The lowest BCUT2D eigenvalue weighted by Gasteiger charge is -2.49. The Morgan fingerprint density at radius 2 is 0.895 bits per heavy atom. The minimum Gasteiger partial charge on any atom is -0.360 e. The molecule has 0 aromatic rings. The Labute approximate surface area is 123 Å². The fourth-order valence-electron chi connectivity index (χ4n) is 3.12. The summed E-state index contributed by atoms with van der Waals surface area (Å²) in [6, 6.07) is 1.97. The molecule has 3 nitrogen and oxygen atoms in total. The molecule has 0 aliphatic heterocycles. The Balaban J connectivity index is 5.50. The maximum Gasteiger partial charge on any atom is 0.0902 e. The van der Waals surface area contributed by atoms with Crippen molar-refractivity contribution in [1.29, 1.82) is 0 Å². The lowest BCUT2D eigenvalue weighted by atomic mass is 10.1. The first-order valence-corrected chi connectivity index (χ1v) is 8.02. The highest BCUT2D eigenvalue weighted by molar-refractivity contribution is 7.09. The summed E-state index contributed by atoms with van der Waals surface area (Å²) in [7, 11) is 2.43. The van der Waals surface area contributed by atoms with Gasteiger partial charge in [0.1, 0.15) is 0 Å². The molecule has 0 saturated carbocycles. The van der Waals surface area contributed by atoms with Gasteiger partial charge in [0, 0.05) is 33.6 Å². The summed E-state index contributed by atoms with van der Waals surface area (Å²) in [6.07, 6.45) is 0.442. The second kappa shape index (κ2) is 8.56. The largest absolute Gasteiger partial charge is 0.360 e. The van der Waals surface area contributed by atoms with Crippen LogP contribution in [0.1, 0.15) is 62.3 Å². The minimum atomic E-state index is 0.152. The third-order valence-electron chi connectivity index (χ3n) is 3.63. The van der Waals surface area contributed by atoms with Crippen LogP contribution in [0.2, 0.25) is 0 Å². The number of hydrogen-bond acceptors (Lipinski definition) is 3. The number of nitrogens with zero attached hydrogens (tertiary/aromatic N) is 2. The van der Waals surface area contributed by atoms with E-state index in [0.29, 0.717) is 24.2 Å². The molecule has 0 spiro atoms. The van der Waals surface area contributed by atoms with Gasteiger partial charge in [0.05, 0.1) is 12.3 Å². The van der Waals surface area contributed by atoms with Crippen molar-refractivity contribution < 1.29 is 4.52 Å². The molecule has 4 heteroatoms. The molecule has 0 aromatic heterocycles. The molecule has 2 unspecified atom stereocenters. The molecule has 19 heavy (non-hydrogen) atoms. The van der Waals surface area contributed by atoms with E-state index >= 15 is 0 Å². The van der Waals surface area contributed by atoms with E-state index in [9.17, 15) is 0 Å². The normalized spacial score (nSPS) is 15.0. The minimum absolute atomic E-state index is 0.152. The molecule has 2 atom stereocenters. The van der Waals surface area contributed by atoms with Crippen molar-refractivity contribution in [2.45, 2.75) is 98.8 Å². The zero-order valence-corrected chi connectivity index (χ0v) is 15.5. The smallest absolute Gasteiger partial charge is 0.0902 e. The van der Waals surface area contributed by atoms with Crippen LogP contribution in [-0.4, -0.2) is 46.2 Å². The highest BCUT2D eigenvalue weighted by atomic mass is 31.0. The van der Waals surface area contributed by atoms with Crippen LogP contribution in [0.4, 0.5) is 0 Å². The molecule has 0 heterocycles. The van der Waals surface area contributed by atoms with Gasteiger partial charge in [-0.1, -0.05) is 0 Å². The zero-order chi connectivity index (χ0) is 15.3. The van der Waals surface area contributed by atoms with E-state index in [-0.39, 0.29) is 12.3 Å². The van der Waals surface area contributed by atoms with Gasteiger partial charge >= 0.3 is 0 Å². The van der Waals surface area contributed by atoms with Gasteiger partial charge < -0.3 is 4.52 Å². The summed E-state index contributed by atoms with van der Waals surface area (Å²) in [6.45, 7) is 20.3. The average molecular weight is 290 g/mol. The van der Waals surface area contributed by atoms with Gasteiger partial charge in [0.2, 0.25) is 0 Å². The molecule has 0 fully saturated rings. The van der Waals surface area contributed by atoms with E-state index in [4.69, 9.17) is 4.52 Å². The van der Waals surface area contributed by atoms with Crippen molar-refractivity contribution >= 4 is 9.47 Å². The highest BCUT2D eigenvalue weighted by Gasteiger charge is 2.36. The van der Waals surface area contributed by atoms with Crippen molar-refractivity contribution in [1.82, 2.24) is 9.80 Å². The van der Waals surface area contributed by atoms with E-state index in [0.717, 1.165) is 0 Å². The molecule has 0 aliphatic carbocycles. The molecule has 116 valence electrons. The van der Waals surface area contributed by atoms with Gasteiger partial charge in [-0.25, -0.2) is 0 Å². The second-order valence-electron chi connectivity index (χ2n) is 6.52. The third kappa shape index (κ3) is 5.30. The summed E-state index contributed by atoms with van der Waals surface area (Å²) in [5.41, 5.74) is 0. The first-order valence-electron chi connectivity index (χ1n) is 7.55. The predicted molar refractivity (Wildman–Crippen MR) is 88.3 cm³/mol. The molecular formula is C15H35N2OP. The monoisotopic (exact) mass is 290 g/mol. The summed E-state index contributed by atoms with van der Waals surface area (Å²) in [5.74, 6) is 0. The SMILES string of the molecule is CC(OP)C(N(C(C)C)C(C)C)N(C(C)C)C(C)C. The van der Waals surface area contributed by atoms with E-state index < -0.39 is 0 Å². The summed E-state index contributed by atoms with van der Waals surface area (Å²) in [5, 5.41) is 0. The average Bonchev–Trinajstić information content (AvgIpc) is 2.24. The molecule has 0 rings (SSSR count). The molecule has 0 bridgehead atoms. The number of rotatable bonds is 8. The van der Waals surface area contributed by atoms with Crippen molar-refractivity contribution in [2.24, 2.45) is 0 Å². The first kappa shape index (κ1) is 19.3. The molecule has 0 saturated heterocycles. The van der Waals surface area contributed by atoms with E-state index in [1.165, 1.54) is 0 Å². The van der Waals surface area contributed by atoms with Gasteiger partial charge in [-0.2, -0.15) is 0 Å². The van der Waals surface area contributed by atoms with Crippen LogP contribution < -0.4 is 0 Å². The zero-order valence-electron chi connectivity index (χ0n) is 14.3. The molecular weight excluding hydrogens is 255 g/mol. The lowest BCUT2D eigenvalue weighted by Crippen LogP contribution is -2.62. The van der Waals surface area contributed by atoms with Crippen LogP contribution in [0, 0.1) is 0 Å². The lowest BCUT2D eigenvalue weighted by molar-refractivity contribution is -0.0813. The third-order valence-corrected chi connectivity index (χ3v) is 4.06. The standard InChI is InChI=1S/C15H35N2OP/c1-10(2)16(11(3)4)15(14(9)18-19)17(12(5)6)13(7)8/h10-15H,19H2,1-9H3. The Morgan fingerprint density at radius 1 is 0.632 bits per heavy atom. The maximum absolute atomic E-state index is 5.61. The number of hydrogen-bond donors (Lipinski definition) is 0. The highest BCUT2D eigenvalue weighted by Crippen LogP contribution is 2.24. The van der Waals surface area contributed by atoms with Gasteiger partial charge in [0.25, 0.3) is 0 Å². The molecule has 0 N–H and O–H groups in total. The van der Waals surface area contributed by atoms with Crippen LogP contribution in [0.15, 0.2) is 0 Å². The van der Waals surface area contributed by atoms with Crippen LogP contribution in [0.25, 0.3) is 0 Å². The van der Waals surface area contributed by atoms with Gasteiger partial charge in [-0.05, 0) is 62.3 Å². The fraction of sp³-hybridized carbons (Fsp3) is 1.00. The molecule has 0 aromatic carbocycles.